The molecule has 1 fully saturated rings. The summed E-state index contributed by atoms with van der Waals surface area (Å²) in [4.78, 5) is 25.8. The lowest BCUT2D eigenvalue weighted by Gasteiger charge is -2.29. The lowest BCUT2D eigenvalue weighted by molar-refractivity contribution is -0.122. The minimum absolute atomic E-state index is 0.0651. The molecule has 0 aromatic heterocycles. The van der Waals surface area contributed by atoms with E-state index >= 15 is 0 Å². The Bertz CT molecular complexity index is 535. The van der Waals surface area contributed by atoms with Crippen LogP contribution in [0.1, 0.15) is 44.9 Å². The first-order valence-electron chi connectivity index (χ1n) is 7.93. The summed E-state index contributed by atoms with van der Waals surface area (Å²) in [5.41, 5.74) is 1.56. The topological polar surface area (TPSA) is 49.4 Å². The highest BCUT2D eigenvalue weighted by Gasteiger charge is 2.26. The zero-order valence-corrected chi connectivity index (χ0v) is 12.3. The third-order valence-electron chi connectivity index (χ3n) is 4.55. The van der Waals surface area contributed by atoms with Crippen molar-refractivity contribution in [1.29, 1.82) is 0 Å². The maximum Gasteiger partial charge on any atom is 0.244 e. The van der Waals surface area contributed by atoms with E-state index < -0.39 is 0 Å². The van der Waals surface area contributed by atoms with Crippen molar-refractivity contribution < 1.29 is 9.59 Å². The van der Waals surface area contributed by atoms with Gasteiger partial charge >= 0.3 is 0 Å². The van der Waals surface area contributed by atoms with Gasteiger partial charge in [0.05, 0.1) is 11.4 Å². The van der Waals surface area contributed by atoms with Crippen molar-refractivity contribution in [3.8, 4) is 0 Å². The zero-order valence-electron chi connectivity index (χ0n) is 12.3. The van der Waals surface area contributed by atoms with Crippen molar-refractivity contribution in [1.82, 2.24) is 0 Å². The van der Waals surface area contributed by atoms with Crippen molar-refractivity contribution in [3.63, 3.8) is 0 Å². The van der Waals surface area contributed by atoms with E-state index in [1.165, 1.54) is 25.7 Å². The molecular weight excluding hydrogens is 264 g/mol. The van der Waals surface area contributed by atoms with Gasteiger partial charge in [0.25, 0.3) is 0 Å². The Morgan fingerprint density at radius 1 is 1.24 bits per heavy atom. The predicted molar refractivity (Wildman–Crippen MR) is 83.2 cm³/mol. The second-order valence-electron chi connectivity index (χ2n) is 6.09. The molecule has 112 valence electrons. The number of benzene rings is 1. The number of fused-ring (bicyclic) bond motifs is 1. The molecule has 1 aromatic rings. The van der Waals surface area contributed by atoms with Gasteiger partial charge in [0, 0.05) is 6.42 Å². The number of amides is 2. The molecule has 1 aliphatic carbocycles. The Hall–Kier alpha value is -1.84. The summed E-state index contributed by atoms with van der Waals surface area (Å²) < 4.78 is 0. The Morgan fingerprint density at radius 2 is 2.00 bits per heavy atom. The number of rotatable bonds is 4. The molecule has 0 atom stereocenters. The van der Waals surface area contributed by atoms with Crippen LogP contribution >= 0.6 is 0 Å². The van der Waals surface area contributed by atoms with E-state index in [-0.39, 0.29) is 18.4 Å². The van der Waals surface area contributed by atoms with E-state index in [4.69, 9.17) is 0 Å². The van der Waals surface area contributed by atoms with Crippen LogP contribution in [0.3, 0.4) is 0 Å². The maximum absolute atomic E-state index is 12.4. The normalized spacial score (nSPS) is 18.5. The summed E-state index contributed by atoms with van der Waals surface area (Å²) in [5.74, 6) is 0.767. The number of para-hydroxylation sites is 2. The first kappa shape index (κ1) is 14.1. The van der Waals surface area contributed by atoms with Crippen LogP contribution in [0.15, 0.2) is 24.3 Å². The monoisotopic (exact) mass is 286 g/mol. The number of carbonyl (C=O) groups excluding carboxylic acids is 2. The van der Waals surface area contributed by atoms with E-state index in [0.29, 0.717) is 6.42 Å². The highest BCUT2D eigenvalue weighted by molar-refractivity contribution is 6.09. The van der Waals surface area contributed by atoms with Gasteiger partial charge in [0.2, 0.25) is 11.8 Å². The molecule has 0 saturated heterocycles. The summed E-state index contributed by atoms with van der Waals surface area (Å²) >= 11 is 0. The van der Waals surface area contributed by atoms with Crippen molar-refractivity contribution in [3.05, 3.63) is 24.3 Å². The molecule has 4 heteroatoms. The zero-order chi connectivity index (χ0) is 14.7. The van der Waals surface area contributed by atoms with Crippen LogP contribution in [-0.4, -0.2) is 18.4 Å². The third kappa shape index (κ3) is 3.26. The molecule has 0 spiro atoms. The van der Waals surface area contributed by atoms with Gasteiger partial charge in [-0.25, -0.2) is 0 Å². The second-order valence-corrected chi connectivity index (χ2v) is 6.09. The van der Waals surface area contributed by atoms with Crippen LogP contribution in [0, 0.1) is 5.92 Å². The average molecular weight is 286 g/mol. The van der Waals surface area contributed by atoms with E-state index in [2.05, 4.69) is 5.32 Å². The van der Waals surface area contributed by atoms with E-state index in [0.717, 1.165) is 30.1 Å². The number of anilines is 2. The molecule has 1 heterocycles. The van der Waals surface area contributed by atoms with E-state index in [9.17, 15) is 9.59 Å². The van der Waals surface area contributed by atoms with Crippen LogP contribution < -0.4 is 10.2 Å². The van der Waals surface area contributed by atoms with Crippen molar-refractivity contribution in [2.75, 3.05) is 16.8 Å². The Kier molecular flexibility index (Phi) is 4.23. The van der Waals surface area contributed by atoms with Gasteiger partial charge in [0.1, 0.15) is 6.54 Å². The van der Waals surface area contributed by atoms with Gasteiger partial charge in [-0.1, -0.05) is 37.8 Å². The van der Waals surface area contributed by atoms with Gasteiger partial charge in [0.15, 0.2) is 0 Å². The van der Waals surface area contributed by atoms with Crippen molar-refractivity contribution >= 4 is 23.2 Å². The highest BCUT2D eigenvalue weighted by Crippen LogP contribution is 2.31. The fourth-order valence-corrected chi connectivity index (χ4v) is 3.43. The standard InChI is InChI=1S/C17H22N2O2/c20-16-12-19(15-10-4-3-9-14(15)18-16)17(21)11-5-8-13-6-1-2-7-13/h3-4,9-10,13H,1-2,5-8,11-12H2,(H,18,20). The molecule has 1 aromatic carbocycles. The summed E-state index contributed by atoms with van der Waals surface area (Å²) in [6.07, 6.45) is 7.96. The number of hydrogen-bond acceptors (Lipinski definition) is 2. The molecule has 1 aliphatic heterocycles. The summed E-state index contributed by atoms with van der Waals surface area (Å²) in [7, 11) is 0. The van der Waals surface area contributed by atoms with Gasteiger partial charge in [-0.2, -0.15) is 0 Å². The molecule has 2 aliphatic rings. The molecule has 1 saturated carbocycles. The number of nitrogens with zero attached hydrogens (tertiary/aromatic N) is 1. The van der Waals surface area contributed by atoms with Crippen LogP contribution in [-0.2, 0) is 9.59 Å². The molecule has 0 unspecified atom stereocenters. The quantitative estimate of drug-likeness (QED) is 0.923. The number of nitrogens with one attached hydrogen (secondary N) is 1. The highest BCUT2D eigenvalue weighted by atomic mass is 16.2. The van der Waals surface area contributed by atoms with Gasteiger partial charge in [-0.15, -0.1) is 0 Å². The van der Waals surface area contributed by atoms with Crippen molar-refractivity contribution in [2.24, 2.45) is 5.92 Å². The largest absolute Gasteiger partial charge is 0.323 e. The second kappa shape index (κ2) is 6.29. The fraction of sp³-hybridized carbons (Fsp3) is 0.529. The predicted octanol–water partition coefficient (Wildman–Crippen LogP) is 3.33. The molecular formula is C17H22N2O2. The summed E-state index contributed by atoms with van der Waals surface area (Å²) in [6.45, 7) is 0.138. The molecule has 1 N–H and O–H groups in total. The summed E-state index contributed by atoms with van der Waals surface area (Å²) in [5, 5.41) is 2.81. The average Bonchev–Trinajstić information content (AvgIpc) is 2.99. The van der Waals surface area contributed by atoms with Crippen LogP contribution in [0.5, 0.6) is 0 Å². The smallest absolute Gasteiger partial charge is 0.244 e. The Morgan fingerprint density at radius 3 is 2.81 bits per heavy atom. The first-order chi connectivity index (χ1) is 10.2. The van der Waals surface area contributed by atoms with Gasteiger partial charge < -0.3 is 10.2 Å². The minimum Gasteiger partial charge on any atom is -0.323 e. The van der Waals surface area contributed by atoms with Crippen LogP contribution in [0.4, 0.5) is 11.4 Å². The Balaban J connectivity index is 1.60. The lowest BCUT2D eigenvalue weighted by atomic mass is 10.0. The molecule has 3 rings (SSSR count). The SMILES string of the molecule is O=C1CN(C(=O)CCCC2CCCC2)c2ccccc2N1. The van der Waals surface area contributed by atoms with E-state index in [1.54, 1.807) is 4.90 Å². The third-order valence-corrected chi connectivity index (χ3v) is 4.55. The lowest BCUT2D eigenvalue weighted by Crippen LogP contribution is -2.42. The van der Waals surface area contributed by atoms with Crippen LogP contribution in [0.25, 0.3) is 0 Å². The van der Waals surface area contributed by atoms with Crippen LogP contribution in [0.2, 0.25) is 0 Å². The molecule has 4 nitrogen and oxygen atoms in total. The molecule has 0 radical (unpaired) electrons. The fourth-order valence-electron chi connectivity index (χ4n) is 3.43. The first-order valence-corrected chi connectivity index (χ1v) is 7.93. The summed E-state index contributed by atoms with van der Waals surface area (Å²) in [6, 6.07) is 7.50. The molecule has 21 heavy (non-hydrogen) atoms. The minimum atomic E-state index is -0.113. The Labute approximate surface area is 125 Å². The van der Waals surface area contributed by atoms with E-state index in [1.807, 2.05) is 24.3 Å². The van der Waals surface area contributed by atoms with Gasteiger partial charge in [-0.3, -0.25) is 9.59 Å². The van der Waals surface area contributed by atoms with Gasteiger partial charge in [-0.05, 0) is 30.9 Å². The number of carbonyl (C=O) groups is 2. The molecule has 0 bridgehead atoms. The number of hydrogen-bond donors (Lipinski definition) is 1. The molecule has 2 amide bonds. The van der Waals surface area contributed by atoms with Crippen molar-refractivity contribution in [2.45, 2.75) is 44.9 Å². The maximum atomic E-state index is 12.4.